The fraction of sp³-hybridized carbons (Fsp3) is 0.0645. The maximum absolute atomic E-state index is 14.5. The molecule has 5 aromatic rings. The van der Waals surface area contributed by atoms with Gasteiger partial charge in [0.1, 0.15) is 17.3 Å². The summed E-state index contributed by atoms with van der Waals surface area (Å²) in [6.45, 7) is 0. The number of esters is 1. The number of hydrogen-bond acceptors (Lipinski definition) is 6. The minimum absolute atomic E-state index is 0.182. The van der Waals surface area contributed by atoms with Gasteiger partial charge in [-0.2, -0.15) is 5.10 Å². The normalized spacial score (nSPS) is 11.0. The molecule has 0 spiro atoms. The van der Waals surface area contributed by atoms with E-state index in [4.69, 9.17) is 14.2 Å². The van der Waals surface area contributed by atoms with E-state index in [9.17, 15) is 14.0 Å². The fourth-order valence-electron chi connectivity index (χ4n) is 4.21. The van der Waals surface area contributed by atoms with Gasteiger partial charge in [0.2, 0.25) is 0 Å². The van der Waals surface area contributed by atoms with Gasteiger partial charge < -0.3 is 19.2 Å². The summed E-state index contributed by atoms with van der Waals surface area (Å²) in [6.07, 6.45) is 1.42. The summed E-state index contributed by atoms with van der Waals surface area (Å²) in [7, 11) is 2.99. The number of nitrogens with zero attached hydrogens (tertiary/aromatic N) is 1. The molecule has 8 nitrogen and oxygen atoms in total. The highest BCUT2D eigenvalue weighted by Gasteiger charge is 2.20. The number of carbonyl (C=O) groups excluding carboxylic acids is 2. The molecule has 5 rings (SSSR count). The predicted octanol–water partition coefficient (Wildman–Crippen LogP) is 5.97. The molecule has 1 amide bonds. The van der Waals surface area contributed by atoms with Crippen LogP contribution in [0.5, 0.6) is 17.2 Å². The van der Waals surface area contributed by atoms with Gasteiger partial charge in [0, 0.05) is 10.9 Å². The first kappa shape index (κ1) is 26.2. The van der Waals surface area contributed by atoms with Crippen molar-refractivity contribution in [2.24, 2.45) is 5.10 Å². The maximum atomic E-state index is 14.5. The van der Waals surface area contributed by atoms with E-state index in [2.05, 4.69) is 15.5 Å². The molecule has 4 aromatic carbocycles. The monoisotopic (exact) mass is 537 g/mol. The summed E-state index contributed by atoms with van der Waals surface area (Å²) >= 11 is 0. The average Bonchev–Trinajstić information content (AvgIpc) is 3.39. The van der Waals surface area contributed by atoms with Crippen LogP contribution in [0, 0.1) is 5.82 Å². The van der Waals surface area contributed by atoms with Gasteiger partial charge in [0.25, 0.3) is 5.91 Å². The molecule has 0 saturated heterocycles. The third-order valence-electron chi connectivity index (χ3n) is 6.17. The van der Waals surface area contributed by atoms with Gasteiger partial charge in [0.05, 0.1) is 31.5 Å². The zero-order valence-corrected chi connectivity index (χ0v) is 21.6. The van der Waals surface area contributed by atoms with Crippen LogP contribution in [0.3, 0.4) is 0 Å². The second kappa shape index (κ2) is 11.5. The van der Waals surface area contributed by atoms with Crippen molar-refractivity contribution in [2.45, 2.75) is 0 Å². The Bertz CT molecular complexity index is 1710. The molecule has 40 heavy (non-hydrogen) atoms. The third-order valence-corrected chi connectivity index (χ3v) is 6.17. The highest BCUT2D eigenvalue weighted by molar-refractivity contribution is 6.10. The van der Waals surface area contributed by atoms with E-state index in [0.29, 0.717) is 33.6 Å². The SMILES string of the molecule is COc1ccc(C(=O)Oc2ccc(C=NNC(=O)c3[nH]c4c(F)cccc4c3-c3ccccc3)cc2OC)cc1. The van der Waals surface area contributed by atoms with E-state index in [1.807, 2.05) is 30.3 Å². The summed E-state index contributed by atoms with van der Waals surface area (Å²) in [6, 6.07) is 25.3. The first-order chi connectivity index (χ1) is 19.5. The van der Waals surface area contributed by atoms with Crippen molar-refractivity contribution in [3.8, 4) is 28.4 Å². The number of hydrogen-bond donors (Lipinski definition) is 2. The summed E-state index contributed by atoms with van der Waals surface area (Å²) in [5, 5.41) is 4.65. The number of fused-ring (bicyclic) bond motifs is 1. The molecule has 0 bridgehead atoms. The highest BCUT2D eigenvalue weighted by atomic mass is 19.1. The Morgan fingerprint density at radius 1 is 0.875 bits per heavy atom. The van der Waals surface area contributed by atoms with Crippen LogP contribution in [-0.4, -0.2) is 37.3 Å². The van der Waals surface area contributed by atoms with Gasteiger partial charge in [-0.05, 0) is 59.7 Å². The van der Waals surface area contributed by atoms with E-state index < -0.39 is 17.7 Å². The lowest BCUT2D eigenvalue weighted by Gasteiger charge is -2.10. The van der Waals surface area contributed by atoms with Crippen LogP contribution in [0.1, 0.15) is 26.4 Å². The van der Waals surface area contributed by atoms with Crippen LogP contribution in [0.2, 0.25) is 0 Å². The number of ether oxygens (including phenoxy) is 3. The van der Waals surface area contributed by atoms with Gasteiger partial charge in [-0.1, -0.05) is 42.5 Å². The van der Waals surface area contributed by atoms with Crippen LogP contribution in [0.15, 0.2) is 96.1 Å². The van der Waals surface area contributed by atoms with Crippen molar-refractivity contribution in [3.05, 3.63) is 114 Å². The number of halogens is 1. The topological polar surface area (TPSA) is 102 Å². The van der Waals surface area contributed by atoms with Gasteiger partial charge >= 0.3 is 5.97 Å². The van der Waals surface area contributed by atoms with E-state index in [-0.39, 0.29) is 17.0 Å². The molecule has 0 unspecified atom stereocenters. The van der Waals surface area contributed by atoms with Gasteiger partial charge in [0.15, 0.2) is 11.5 Å². The Morgan fingerprint density at radius 2 is 1.65 bits per heavy atom. The summed E-state index contributed by atoms with van der Waals surface area (Å²) in [4.78, 5) is 28.6. The summed E-state index contributed by atoms with van der Waals surface area (Å²) in [5.74, 6) is -0.414. The Kier molecular flexibility index (Phi) is 7.54. The molecule has 0 aliphatic rings. The van der Waals surface area contributed by atoms with Crippen molar-refractivity contribution in [1.82, 2.24) is 10.4 Å². The third kappa shape index (κ3) is 5.39. The van der Waals surface area contributed by atoms with Gasteiger partial charge in [-0.3, -0.25) is 4.79 Å². The second-order valence-corrected chi connectivity index (χ2v) is 8.63. The van der Waals surface area contributed by atoms with E-state index in [1.54, 1.807) is 61.7 Å². The Morgan fingerprint density at radius 3 is 2.38 bits per heavy atom. The Hall–Kier alpha value is -5.44. The molecule has 0 fully saturated rings. The van der Waals surface area contributed by atoms with Crippen molar-refractivity contribution in [1.29, 1.82) is 0 Å². The quantitative estimate of drug-likeness (QED) is 0.110. The standard InChI is InChI=1S/C31H24FN3O5/c1-38-22-14-12-21(13-15-22)31(37)40-25-16-11-19(17-26(25)39-2)18-33-35-30(36)29-27(20-7-4-3-5-8-20)23-9-6-10-24(32)28(23)34-29/h3-18,34H,1-2H3,(H,35,36). The van der Waals surface area contributed by atoms with Crippen molar-refractivity contribution in [2.75, 3.05) is 14.2 Å². The number of para-hydroxylation sites is 1. The molecule has 9 heteroatoms. The number of rotatable bonds is 8. The van der Waals surface area contributed by atoms with E-state index >= 15 is 0 Å². The zero-order chi connectivity index (χ0) is 28.1. The molecule has 2 N–H and O–H groups in total. The molecule has 0 atom stereocenters. The number of benzene rings is 4. The van der Waals surface area contributed by atoms with Crippen LogP contribution in [0.25, 0.3) is 22.0 Å². The van der Waals surface area contributed by atoms with Gasteiger partial charge in [-0.15, -0.1) is 0 Å². The molecule has 0 aliphatic carbocycles. The highest BCUT2D eigenvalue weighted by Crippen LogP contribution is 2.33. The molecule has 0 radical (unpaired) electrons. The predicted molar refractivity (Wildman–Crippen MR) is 150 cm³/mol. The van der Waals surface area contributed by atoms with Crippen molar-refractivity contribution < 1.29 is 28.2 Å². The number of methoxy groups -OCH3 is 2. The Labute approximate surface area is 229 Å². The zero-order valence-electron chi connectivity index (χ0n) is 21.6. The molecule has 0 saturated carbocycles. The Balaban J connectivity index is 1.33. The number of aromatic amines is 1. The minimum Gasteiger partial charge on any atom is -0.497 e. The molecular formula is C31H24FN3O5. The van der Waals surface area contributed by atoms with E-state index in [0.717, 1.165) is 5.56 Å². The number of aromatic nitrogens is 1. The van der Waals surface area contributed by atoms with Crippen molar-refractivity contribution >= 4 is 29.0 Å². The molecule has 200 valence electrons. The number of hydrazone groups is 1. The summed E-state index contributed by atoms with van der Waals surface area (Å²) < 4.78 is 30.5. The second-order valence-electron chi connectivity index (χ2n) is 8.63. The lowest BCUT2D eigenvalue weighted by molar-refractivity contribution is 0.0729. The number of nitrogens with one attached hydrogen (secondary N) is 2. The average molecular weight is 538 g/mol. The van der Waals surface area contributed by atoms with Crippen LogP contribution < -0.4 is 19.6 Å². The number of H-pyrrole nitrogens is 1. The van der Waals surface area contributed by atoms with E-state index in [1.165, 1.54) is 19.4 Å². The lowest BCUT2D eigenvalue weighted by Crippen LogP contribution is -2.18. The first-order valence-electron chi connectivity index (χ1n) is 12.2. The molecular weight excluding hydrogens is 513 g/mol. The van der Waals surface area contributed by atoms with Crippen molar-refractivity contribution in [3.63, 3.8) is 0 Å². The molecule has 1 heterocycles. The maximum Gasteiger partial charge on any atom is 0.343 e. The largest absolute Gasteiger partial charge is 0.497 e. The fourth-order valence-corrected chi connectivity index (χ4v) is 4.21. The smallest absolute Gasteiger partial charge is 0.343 e. The molecule has 1 aromatic heterocycles. The minimum atomic E-state index is -0.557. The van der Waals surface area contributed by atoms with Crippen LogP contribution in [0.4, 0.5) is 4.39 Å². The number of carbonyl (C=O) groups is 2. The number of amides is 1. The molecule has 0 aliphatic heterocycles. The van der Waals surface area contributed by atoms with Gasteiger partial charge in [-0.25, -0.2) is 14.6 Å². The van der Waals surface area contributed by atoms with Crippen LogP contribution in [-0.2, 0) is 0 Å². The first-order valence-corrected chi connectivity index (χ1v) is 12.2. The lowest BCUT2D eigenvalue weighted by atomic mass is 10.0. The summed E-state index contributed by atoms with van der Waals surface area (Å²) in [5.41, 5.74) is 5.18. The van der Waals surface area contributed by atoms with Crippen LogP contribution >= 0.6 is 0 Å².